The van der Waals surface area contributed by atoms with Gasteiger partial charge in [-0.3, -0.25) is 14.9 Å². The van der Waals surface area contributed by atoms with E-state index in [2.05, 4.69) is 59.4 Å². The van der Waals surface area contributed by atoms with E-state index in [-0.39, 0.29) is 37.2 Å². The molecule has 3 atom stereocenters. The summed E-state index contributed by atoms with van der Waals surface area (Å²) in [6.45, 7) is 11.3. The van der Waals surface area contributed by atoms with Gasteiger partial charge in [0, 0.05) is 31.8 Å². The number of unbranched alkanes of at least 4 members (excludes halogenated alkanes) is 3. The normalized spacial score (nSPS) is 14.7. The van der Waals surface area contributed by atoms with Gasteiger partial charge in [0.05, 0.1) is 12.8 Å². The highest BCUT2D eigenvalue weighted by Gasteiger charge is 2.30. The summed E-state index contributed by atoms with van der Waals surface area (Å²) in [4.78, 5) is 30.2. The molecule has 268 valence electrons. The molecule has 1 saturated heterocycles. The summed E-state index contributed by atoms with van der Waals surface area (Å²) in [6, 6.07) is 18.3. The predicted molar refractivity (Wildman–Crippen MR) is 194 cm³/mol. The zero-order valence-corrected chi connectivity index (χ0v) is 29.7. The van der Waals surface area contributed by atoms with Crippen molar-refractivity contribution in [3.63, 3.8) is 0 Å². The van der Waals surface area contributed by atoms with E-state index < -0.39 is 0 Å². The fourth-order valence-corrected chi connectivity index (χ4v) is 3.71. The lowest BCUT2D eigenvalue weighted by molar-refractivity contribution is -0.124. The molecule has 0 radical (unpaired) electrons. The Hall–Kier alpha value is -3.77. The Labute approximate surface area is 283 Å². The van der Waals surface area contributed by atoms with Crippen molar-refractivity contribution in [3.8, 4) is 0 Å². The van der Waals surface area contributed by atoms with Crippen molar-refractivity contribution >= 4 is 24.4 Å². The maximum absolute atomic E-state index is 12.1. The highest BCUT2D eigenvalue weighted by atomic mass is 16.5. The lowest BCUT2D eigenvalue weighted by Gasteiger charge is -2.19. The van der Waals surface area contributed by atoms with E-state index in [0.29, 0.717) is 13.2 Å². The third-order valence-electron chi connectivity index (χ3n) is 6.11. The van der Waals surface area contributed by atoms with Crippen LogP contribution in [0.5, 0.6) is 0 Å². The second-order valence-corrected chi connectivity index (χ2v) is 10.3. The van der Waals surface area contributed by atoms with Gasteiger partial charge in [-0.05, 0) is 90.9 Å². The summed E-state index contributed by atoms with van der Waals surface area (Å²) >= 11 is 0. The monoisotopic (exact) mass is 661 g/mol. The van der Waals surface area contributed by atoms with Crippen LogP contribution in [-0.4, -0.2) is 81.0 Å². The first kappa shape index (κ1) is 47.6. The Morgan fingerprint density at radius 2 is 1.66 bits per heavy atom. The molecule has 1 amide bonds. The molecule has 3 rings (SSSR count). The van der Waals surface area contributed by atoms with Crippen molar-refractivity contribution in [2.45, 2.75) is 91.3 Å². The first-order chi connectivity index (χ1) is 22.6. The van der Waals surface area contributed by atoms with Crippen LogP contribution in [0.3, 0.4) is 0 Å². The van der Waals surface area contributed by atoms with Crippen molar-refractivity contribution < 1.29 is 29.3 Å². The average Bonchev–Trinajstić information content (AvgIpc) is 3.50. The number of nitrogens with two attached hydrogens (primary N) is 1. The van der Waals surface area contributed by atoms with Crippen molar-refractivity contribution in [2.75, 3.05) is 39.3 Å². The predicted octanol–water partition coefficient (Wildman–Crippen LogP) is 4.64. The number of anilines is 1. The van der Waals surface area contributed by atoms with Crippen LogP contribution in [0.25, 0.3) is 0 Å². The summed E-state index contributed by atoms with van der Waals surface area (Å²) in [7, 11) is 3.82. The Balaban J connectivity index is -0.000000592. The van der Waals surface area contributed by atoms with E-state index in [1.54, 1.807) is 13.1 Å². The molecule has 0 bridgehead atoms. The quantitative estimate of drug-likeness (QED) is 0.125. The number of carbonyl (C=O) groups excluding carboxylic acids is 2. The van der Waals surface area contributed by atoms with Gasteiger partial charge in [-0.1, -0.05) is 67.4 Å². The van der Waals surface area contributed by atoms with E-state index in [9.17, 15) is 9.59 Å². The van der Waals surface area contributed by atoms with Crippen LogP contribution in [0.2, 0.25) is 0 Å². The zero-order valence-electron chi connectivity index (χ0n) is 29.7. The summed E-state index contributed by atoms with van der Waals surface area (Å²) in [5.74, 6) is 0.00865. The molecule has 2 aromatic carbocycles. The summed E-state index contributed by atoms with van der Waals surface area (Å²) < 4.78 is 5.33. The fourth-order valence-electron chi connectivity index (χ4n) is 3.71. The van der Waals surface area contributed by atoms with Crippen LogP contribution in [-0.2, 0) is 25.5 Å². The van der Waals surface area contributed by atoms with Gasteiger partial charge in [0.2, 0.25) is 5.91 Å². The van der Waals surface area contributed by atoms with Gasteiger partial charge in [0.1, 0.15) is 12.3 Å². The second-order valence-electron chi connectivity index (χ2n) is 10.3. The van der Waals surface area contributed by atoms with Gasteiger partial charge in [-0.15, -0.1) is 0 Å². The van der Waals surface area contributed by atoms with Crippen molar-refractivity contribution in [2.24, 2.45) is 5.73 Å². The maximum Gasteiger partial charge on any atom is 0.290 e. The Bertz CT molecular complexity index is 993. The largest absolute Gasteiger partial charge is 0.483 e. The number of amides is 1. The molecular weight excluding hydrogens is 598 g/mol. The van der Waals surface area contributed by atoms with Gasteiger partial charge < -0.3 is 41.4 Å². The molecule has 0 aromatic heterocycles. The maximum atomic E-state index is 12.1. The van der Waals surface area contributed by atoms with Gasteiger partial charge in [0.15, 0.2) is 0 Å². The molecule has 1 aliphatic heterocycles. The third kappa shape index (κ3) is 32.0. The molecular formula is C36H63N5O6. The number of nitrogens with one attached hydrogen (secondary N) is 4. The molecule has 8 N–H and O–H groups in total. The number of aliphatic hydroxyl groups is 1. The van der Waals surface area contributed by atoms with E-state index in [1.165, 1.54) is 17.5 Å². The molecule has 0 saturated carbocycles. The smallest absolute Gasteiger partial charge is 0.290 e. The molecule has 1 fully saturated rings. The topological polar surface area (TPSA) is 175 Å². The molecule has 1 heterocycles. The molecule has 3 unspecified atom stereocenters. The molecule has 1 aliphatic rings. The Kier molecular flexibility index (Phi) is 37.2. The molecule has 11 nitrogen and oxygen atoms in total. The molecule has 0 spiro atoms. The minimum Gasteiger partial charge on any atom is -0.483 e. The SMILES string of the molecule is CCCC=CN.CCO.CNCCCCC=O.CNc1ccc(CC(C)NC(=O)C2NCOC2C)cc1.Cc1ccccc1.O=CO. The standard InChI is InChI=1S/C15H23N3O2.C7H8.C6H13NO.C5H11N.C2H6O.CH2O2/c1-10(8-12-4-6-13(16-3)7-5-12)18-15(19)14-11(2)20-9-17-14;1-7-5-3-2-4-6-7;1-7-5-3-2-4-6-8;1-2-3-4-5-6;1-2-3;2-1-3/h4-7,10-11,14,16-17H,8-9H2,1-3H3,(H,18,19);2-6H,1H3;6-7H,2-5H2,1H3;4-5H,2-3,6H2,1H3;3H,2H2,1H3;1H,(H,2,3). The van der Waals surface area contributed by atoms with Gasteiger partial charge in [-0.25, -0.2) is 0 Å². The number of hydrogen-bond donors (Lipinski definition) is 7. The number of aliphatic hydroxyl groups excluding tert-OH is 1. The fraction of sp³-hybridized carbons (Fsp3) is 0.528. The van der Waals surface area contributed by atoms with E-state index >= 15 is 0 Å². The van der Waals surface area contributed by atoms with Crippen LogP contribution >= 0.6 is 0 Å². The number of aldehydes is 1. The zero-order chi connectivity index (χ0) is 36.1. The van der Waals surface area contributed by atoms with Gasteiger partial charge in [0.25, 0.3) is 6.47 Å². The number of ether oxygens (including phenoxy) is 1. The third-order valence-corrected chi connectivity index (χ3v) is 6.11. The first-order valence-electron chi connectivity index (χ1n) is 16.2. The highest BCUT2D eigenvalue weighted by molar-refractivity contribution is 5.82. The van der Waals surface area contributed by atoms with E-state index in [0.717, 1.165) is 44.2 Å². The van der Waals surface area contributed by atoms with Gasteiger partial charge in [-0.2, -0.15) is 0 Å². The average molecular weight is 662 g/mol. The van der Waals surface area contributed by atoms with Crippen LogP contribution in [0.1, 0.15) is 70.9 Å². The first-order valence-corrected chi connectivity index (χ1v) is 16.2. The van der Waals surface area contributed by atoms with E-state index in [1.807, 2.05) is 64.4 Å². The number of aryl methyl sites for hydroxylation is 1. The van der Waals surface area contributed by atoms with Crippen LogP contribution < -0.4 is 27.0 Å². The molecule has 47 heavy (non-hydrogen) atoms. The summed E-state index contributed by atoms with van der Waals surface area (Å²) in [5, 5.41) is 26.6. The molecule has 11 heteroatoms. The number of rotatable bonds is 12. The number of allylic oxidation sites excluding steroid dienone is 1. The minimum atomic E-state index is -0.250. The number of benzene rings is 2. The molecule has 2 aromatic rings. The Morgan fingerprint density at radius 1 is 1.06 bits per heavy atom. The van der Waals surface area contributed by atoms with Crippen molar-refractivity contribution in [1.29, 1.82) is 0 Å². The van der Waals surface area contributed by atoms with Crippen LogP contribution in [0, 0.1) is 6.92 Å². The minimum absolute atomic E-state index is 0.00865. The summed E-state index contributed by atoms with van der Waals surface area (Å²) in [6.07, 6.45) is 10.4. The number of carboxylic acid groups (broad SMARTS) is 1. The van der Waals surface area contributed by atoms with Crippen LogP contribution in [0.15, 0.2) is 66.9 Å². The molecule has 0 aliphatic carbocycles. The van der Waals surface area contributed by atoms with Crippen molar-refractivity contribution in [1.82, 2.24) is 16.0 Å². The highest BCUT2D eigenvalue weighted by Crippen LogP contribution is 2.11. The number of hydrogen-bond acceptors (Lipinski definition) is 9. The van der Waals surface area contributed by atoms with E-state index in [4.69, 9.17) is 25.5 Å². The Morgan fingerprint density at radius 3 is 2.04 bits per heavy atom. The summed E-state index contributed by atoms with van der Waals surface area (Å²) in [5.41, 5.74) is 8.65. The second kappa shape index (κ2) is 36.7. The number of carbonyl (C=O) groups is 3. The lowest BCUT2D eigenvalue weighted by atomic mass is 10.1. The van der Waals surface area contributed by atoms with Crippen molar-refractivity contribution in [3.05, 3.63) is 78.0 Å². The lowest BCUT2D eigenvalue weighted by Crippen LogP contribution is -2.48. The van der Waals surface area contributed by atoms with Gasteiger partial charge >= 0.3 is 0 Å². The van der Waals surface area contributed by atoms with Crippen LogP contribution in [0.4, 0.5) is 5.69 Å².